The number of aromatic nitrogens is 1. The minimum absolute atomic E-state index is 0.127. The van der Waals surface area contributed by atoms with Gasteiger partial charge in [-0.3, -0.25) is 24.7 Å². The Morgan fingerprint density at radius 1 is 1.16 bits per heavy atom. The zero-order chi connectivity index (χ0) is 21.8. The molecule has 0 radical (unpaired) electrons. The molecule has 2 aromatic rings. The first-order valence-electron chi connectivity index (χ1n) is 10.9. The lowest BCUT2D eigenvalue weighted by molar-refractivity contribution is -0.136. The van der Waals surface area contributed by atoms with Crippen LogP contribution in [0.1, 0.15) is 59.8 Å². The predicted molar refractivity (Wildman–Crippen MR) is 115 cm³/mol. The van der Waals surface area contributed by atoms with Gasteiger partial charge in [-0.25, -0.2) is 0 Å². The van der Waals surface area contributed by atoms with E-state index in [1.54, 1.807) is 11.1 Å². The van der Waals surface area contributed by atoms with Crippen LogP contribution in [0, 0.1) is 0 Å². The van der Waals surface area contributed by atoms with Crippen LogP contribution in [-0.2, 0) is 29.0 Å². The van der Waals surface area contributed by atoms with Crippen molar-refractivity contribution >= 4 is 17.7 Å². The summed E-state index contributed by atoms with van der Waals surface area (Å²) >= 11 is 0. The standard InChI is InChI=1S/C24H27N3O4/c1-2-17-9-10-18(14-25-17)31-13-4-3-6-16-7-5-8-19-20(16)15-27(24(19)30)21-11-12-22(28)26-23(21)29/h5,7-10,14,21H,2-4,6,11-13,15H2,1H3,(H,26,28,29). The Bertz CT molecular complexity index is 987. The van der Waals surface area contributed by atoms with Crippen LogP contribution < -0.4 is 10.1 Å². The molecule has 2 aliphatic rings. The van der Waals surface area contributed by atoms with E-state index in [9.17, 15) is 14.4 Å². The molecule has 1 atom stereocenters. The fourth-order valence-electron chi connectivity index (χ4n) is 4.20. The van der Waals surface area contributed by atoms with Gasteiger partial charge in [0.2, 0.25) is 11.8 Å². The van der Waals surface area contributed by atoms with E-state index in [-0.39, 0.29) is 24.1 Å². The third-order valence-electron chi connectivity index (χ3n) is 5.95. The number of nitrogens with one attached hydrogen (secondary N) is 1. The third-order valence-corrected chi connectivity index (χ3v) is 5.95. The zero-order valence-corrected chi connectivity index (χ0v) is 17.7. The lowest BCUT2D eigenvalue weighted by Gasteiger charge is -2.29. The van der Waals surface area contributed by atoms with Crippen molar-refractivity contribution in [1.29, 1.82) is 0 Å². The summed E-state index contributed by atoms with van der Waals surface area (Å²) in [5.74, 6) is 0.00367. The minimum atomic E-state index is -0.577. The maximum atomic E-state index is 12.9. The number of nitrogens with zero attached hydrogens (tertiary/aromatic N) is 2. The van der Waals surface area contributed by atoms with Crippen molar-refractivity contribution in [3.63, 3.8) is 0 Å². The molecule has 0 bridgehead atoms. The first kappa shape index (κ1) is 21.0. The van der Waals surface area contributed by atoms with Gasteiger partial charge >= 0.3 is 0 Å². The quantitative estimate of drug-likeness (QED) is 0.523. The molecule has 3 amide bonds. The smallest absolute Gasteiger partial charge is 0.255 e. The Balaban J connectivity index is 1.32. The van der Waals surface area contributed by atoms with Crippen LogP contribution in [0.2, 0.25) is 0 Å². The van der Waals surface area contributed by atoms with Crippen molar-refractivity contribution in [2.75, 3.05) is 6.61 Å². The number of hydrogen-bond donors (Lipinski definition) is 1. The topological polar surface area (TPSA) is 88.6 Å². The fourth-order valence-corrected chi connectivity index (χ4v) is 4.20. The summed E-state index contributed by atoms with van der Waals surface area (Å²) in [6.07, 6.45) is 5.98. The zero-order valence-electron chi connectivity index (χ0n) is 17.7. The van der Waals surface area contributed by atoms with Crippen molar-refractivity contribution in [1.82, 2.24) is 15.2 Å². The molecule has 162 valence electrons. The summed E-state index contributed by atoms with van der Waals surface area (Å²) in [7, 11) is 0. The first-order valence-corrected chi connectivity index (χ1v) is 10.9. The first-order chi connectivity index (χ1) is 15.1. The molecular weight excluding hydrogens is 394 g/mol. The average Bonchev–Trinajstić information content (AvgIpc) is 3.11. The molecule has 1 unspecified atom stereocenters. The van der Waals surface area contributed by atoms with Gasteiger partial charge in [0.05, 0.1) is 12.8 Å². The predicted octanol–water partition coefficient (Wildman–Crippen LogP) is 2.81. The summed E-state index contributed by atoms with van der Waals surface area (Å²) in [5, 5.41) is 2.35. The number of imide groups is 1. The Morgan fingerprint density at radius 2 is 2.03 bits per heavy atom. The number of benzene rings is 1. The summed E-state index contributed by atoms with van der Waals surface area (Å²) in [4.78, 5) is 42.5. The summed E-state index contributed by atoms with van der Waals surface area (Å²) in [6, 6.07) is 9.12. The molecule has 1 aromatic heterocycles. The van der Waals surface area contributed by atoms with Crippen LogP contribution in [0.25, 0.3) is 0 Å². The average molecular weight is 421 g/mol. The minimum Gasteiger partial charge on any atom is -0.492 e. The number of piperidine rings is 1. The van der Waals surface area contributed by atoms with Gasteiger partial charge in [0, 0.05) is 24.2 Å². The second-order valence-electron chi connectivity index (χ2n) is 7.99. The van der Waals surface area contributed by atoms with Gasteiger partial charge in [0.15, 0.2) is 0 Å². The normalized spacial score (nSPS) is 18.2. The maximum Gasteiger partial charge on any atom is 0.255 e. The molecule has 1 saturated heterocycles. The number of carbonyl (C=O) groups excluding carboxylic acids is 3. The molecule has 4 rings (SSSR count). The van der Waals surface area contributed by atoms with Gasteiger partial charge in [-0.2, -0.15) is 0 Å². The highest BCUT2D eigenvalue weighted by atomic mass is 16.5. The lowest BCUT2D eigenvalue weighted by atomic mass is 9.99. The number of amides is 3. The second-order valence-corrected chi connectivity index (χ2v) is 7.99. The highest BCUT2D eigenvalue weighted by molar-refractivity contribution is 6.05. The molecule has 1 aromatic carbocycles. The molecule has 0 aliphatic carbocycles. The van der Waals surface area contributed by atoms with Gasteiger partial charge in [0.1, 0.15) is 11.8 Å². The molecule has 1 fully saturated rings. The molecule has 3 heterocycles. The van der Waals surface area contributed by atoms with E-state index in [1.807, 2.05) is 30.3 Å². The maximum absolute atomic E-state index is 12.9. The van der Waals surface area contributed by atoms with Crippen LogP contribution in [0.15, 0.2) is 36.5 Å². The van der Waals surface area contributed by atoms with Crippen LogP contribution in [0.5, 0.6) is 5.75 Å². The van der Waals surface area contributed by atoms with E-state index in [0.29, 0.717) is 25.1 Å². The van der Waals surface area contributed by atoms with E-state index >= 15 is 0 Å². The lowest BCUT2D eigenvalue weighted by Crippen LogP contribution is -2.52. The number of carbonyl (C=O) groups is 3. The second kappa shape index (κ2) is 9.29. The Morgan fingerprint density at radius 3 is 2.77 bits per heavy atom. The summed E-state index contributed by atoms with van der Waals surface area (Å²) < 4.78 is 5.77. The number of fused-ring (bicyclic) bond motifs is 1. The molecular formula is C24H27N3O4. The van der Waals surface area contributed by atoms with Crippen LogP contribution in [0.4, 0.5) is 0 Å². The van der Waals surface area contributed by atoms with Crippen molar-refractivity contribution < 1.29 is 19.1 Å². The number of ether oxygens (including phenoxy) is 1. The van der Waals surface area contributed by atoms with Crippen LogP contribution >= 0.6 is 0 Å². The molecule has 7 nitrogen and oxygen atoms in total. The van der Waals surface area contributed by atoms with Crippen molar-refractivity contribution in [2.45, 2.75) is 58.0 Å². The monoisotopic (exact) mass is 421 g/mol. The summed E-state index contributed by atoms with van der Waals surface area (Å²) in [6.45, 7) is 3.10. The van der Waals surface area contributed by atoms with Crippen LogP contribution in [-0.4, -0.2) is 40.3 Å². The molecule has 0 spiro atoms. The van der Waals surface area contributed by atoms with E-state index in [2.05, 4.69) is 17.2 Å². The van der Waals surface area contributed by atoms with E-state index in [4.69, 9.17) is 4.74 Å². The number of aryl methyl sites for hydroxylation is 2. The van der Waals surface area contributed by atoms with Crippen molar-refractivity contribution in [3.8, 4) is 5.75 Å². The van der Waals surface area contributed by atoms with Gasteiger partial charge in [-0.15, -0.1) is 0 Å². The van der Waals surface area contributed by atoms with Crippen molar-refractivity contribution in [3.05, 3.63) is 58.9 Å². The van der Waals surface area contributed by atoms with Crippen molar-refractivity contribution in [2.24, 2.45) is 0 Å². The van der Waals surface area contributed by atoms with Gasteiger partial charge < -0.3 is 9.64 Å². The Labute approximate surface area is 181 Å². The van der Waals surface area contributed by atoms with Gasteiger partial charge in [-0.05, 0) is 61.4 Å². The van der Waals surface area contributed by atoms with Gasteiger partial charge in [0.25, 0.3) is 5.91 Å². The highest BCUT2D eigenvalue weighted by Crippen LogP contribution is 2.30. The van der Waals surface area contributed by atoms with Crippen LogP contribution in [0.3, 0.4) is 0 Å². The fraction of sp³-hybridized carbons (Fsp3) is 0.417. The summed E-state index contributed by atoms with van der Waals surface area (Å²) in [5.41, 5.74) is 3.85. The highest BCUT2D eigenvalue weighted by Gasteiger charge is 2.39. The number of pyridine rings is 1. The molecule has 1 N–H and O–H groups in total. The van der Waals surface area contributed by atoms with E-state index in [0.717, 1.165) is 48.3 Å². The Kier molecular flexibility index (Phi) is 6.30. The van der Waals surface area contributed by atoms with Gasteiger partial charge in [-0.1, -0.05) is 19.1 Å². The molecule has 2 aliphatic heterocycles. The number of hydrogen-bond acceptors (Lipinski definition) is 5. The van der Waals surface area contributed by atoms with E-state index < -0.39 is 6.04 Å². The largest absolute Gasteiger partial charge is 0.492 e. The number of unbranched alkanes of at least 4 members (excludes halogenated alkanes) is 1. The molecule has 7 heteroatoms. The molecule has 0 saturated carbocycles. The third kappa shape index (κ3) is 4.60. The SMILES string of the molecule is CCc1ccc(OCCCCc2cccc3c2CN(C2CCC(=O)NC2=O)C3=O)cn1. The number of rotatable bonds is 8. The van der Waals surface area contributed by atoms with E-state index in [1.165, 1.54) is 0 Å². The Hall–Kier alpha value is -3.22. The molecule has 31 heavy (non-hydrogen) atoms.